The Hall–Kier alpha value is -1.24. The molecule has 0 atom stereocenters. The molecule has 4 heteroatoms. The van der Waals surface area contributed by atoms with E-state index < -0.39 is 0 Å². The molecule has 0 heterocycles. The predicted molar refractivity (Wildman–Crippen MR) is 76.9 cm³/mol. The summed E-state index contributed by atoms with van der Waals surface area (Å²) < 4.78 is 0. The highest BCUT2D eigenvalue weighted by atomic mass is 16.1. The molecule has 0 aromatic heterocycles. The van der Waals surface area contributed by atoms with E-state index in [9.17, 15) is 9.59 Å². The first-order chi connectivity index (χ1) is 9.83. The zero-order valence-electron chi connectivity index (χ0n) is 12.1. The topological polar surface area (TPSA) is 58.9 Å². The molecule has 0 aromatic rings. The first kappa shape index (κ1) is 15.2. The molecule has 0 unspecified atom stereocenters. The summed E-state index contributed by atoms with van der Waals surface area (Å²) in [5, 5.41) is 0. The third kappa shape index (κ3) is 4.40. The van der Waals surface area contributed by atoms with Gasteiger partial charge in [0, 0.05) is 0 Å². The van der Waals surface area contributed by atoms with Gasteiger partial charge in [-0.15, -0.1) is 0 Å². The Morgan fingerprint density at radius 3 is 1.30 bits per heavy atom. The lowest BCUT2D eigenvalue weighted by Crippen LogP contribution is -2.27. The van der Waals surface area contributed by atoms with E-state index in [2.05, 4.69) is 9.98 Å². The van der Waals surface area contributed by atoms with Crippen LogP contribution in [0.3, 0.4) is 0 Å². The van der Waals surface area contributed by atoms with Gasteiger partial charge in [-0.1, -0.05) is 0 Å². The van der Waals surface area contributed by atoms with Gasteiger partial charge in [0.15, 0.2) is 0 Å². The Morgan fingerprint density at radius 1 is 0.650 bits per heavy atom. The van der Waals surface area contributed by atoms with Crippen molar-refractivity contribution in [1.29, 1.82) is 0 Å². The van der Waals surface area contributed by atoms with E-state index in [1.54, 1.807) is 12.2 Å². The Balaban J connectivity index is 1.70. The minimum atomic E-state index is 0.603. The molecule has 2 aliphatic carbocycles. The highest BCUT2D eigenvalue weighted by molar-refractivity contribution is 5.33. The number of hydrogen-bond donors (Lipinski definition) is 0. The molecule has 2 aliphatic rings. The van der Waals surface area contributed by atoms with Crippen molar-refractivity contribution in [2.75, 3.05) is 13.1 Å². The van der Waals surface area contributed by atoms with Crippen molar-refractivity contribution in [3.63, 3.8) is 0 Å². The average Bonchev–Trinajstić information content (AvgIpc) is 2.52. The van der Waals surface area contributed by atoms with Crippen molar-refractivity contribution in [2.45, 2.75) is 51.4 Å². The molecule has 2 fully saturated rings. The van der Waals surface area contributed by atoms with Crippen LogP contribution < -0.4 is 0 Å². The number of rotatable bonds is 5. The van der Waals surface area contributed by atoms with Crippen molar-refractivity contribution in [1.82, 2.24) is 0 Å². The summed E-state index contributed by atoms with van der Waals surface area (Å²) in [7, 11) is 0. The van der Waals surface area contributed by atoms with E-state index in [1.807, 2.05) is 0 Å². The lowest BCUT2D eigenvalue weighted by molar-refractivity contribution is 0.150. The maximum atomic E-state index is 10.1. The van der Waals surface area contributed by atoms with Crippen LogP contribution in [0.4, 0.5) is 0 Å². The second-order valence-corrected chi connectivity index (χ2v) is 6.43. The summed E-state index contributed by atoms with van der Waals surface area (Å²) in [6, 6.07) is 0. The van der Waals surface area contributed by atoms with E-state index in [0.717, 1.165) is 11.8 Å². The largest absolute Gasteiger partial charge is 0.234 e. The maximum absolute atomic E-state index is 10.1. The van der Waals surface area contributed by atoms with Crippen LogP contribution in [0.2, 0.25) is 0 Å². The molecule has 2 saturated carbocycles. The number of aliphatic imine (C=N–C) groups is 2. The van der Waals surface area contributed by atoms with Crippen LogP contribution in [0.25, 0.3) is 0 Å². The smallest absolute Gasteiger partial charge is 0.211 e. The number of nitrogens with zero attached hydrogens (tertiary/aromatic N) is 2. The van der Waals surface area contributed by atoms with Gasteiger partial charge in [-0.05, 0) is 75.0 Å². The fourth-order valence-corrected chi connectivity index (χ4v) is 4.02. The highest BCUT2D eigenvalue weighted by Gasteiger charge is 2.30. The van der Waals surface area contributed by atoms with Crippen LogP contribution in [0.5, 0.6) is 0 Å². The second-order valence-electron chi connectivity index (χ2n) is 6.43. The lowest BCUT2D eigenvalue weighted by atomic mass is 9.69. The molecule has 2 rings (SSSR count). The van der Waals surface area contributed by atoms with Gasteiger partial charge >= 0.3 is 0 Å². The van der Waals surface area contributed by atoms with Gasteiger partial charge in [0.1, 0.15) is 0 Å². The first-order valence-electron chi connectivity index (χ1n) is 7.90. The van der Waals surface area contributed by atoms with Gasteiger partial charge in [-0.2, -0.15) is 0 Å². The molecular formula is C16H24N2O2. The Bertz CT molecular complexity index is 343. The van der Waals surface area contributed by atoms with Gasteiger partial charge in [0.05, 0.1) is 13.1 Å². The highest BCUT2D eigenvalue weighted by Crippen LogP contribution is 2.41. The maximum Gasteiger partial charge on any atom is 0.234 e. The Kier molecular flexibility index (Phi) is 6.17. The summed E-state index contributed by atoms with van der Waals surface area (Å²) in [5.74, 6) is 2.93. The molecular weight excluding hydrogens is 252 g/mol. The number of hydrogen-bond acceptors (Lipinski definition) is 4. The van der Waals surface area contributed by atoms with Crippen LogP contribution in [-0.4, -0.2) is 25.2 Å². The van der Waals surface area contributed by atoms with Crippen molar-refractivity contribution >= 4 is 12.2 Å². The van der Waals surface area contributed by atoms with Crippen molar-refractivity contribution in [2.24, 2.45) is 33.7 Å². The summed E-state index contributed by atoms with van der Waals surface area (Å²) in [4.78, 5) is 27.7. The van der Waals surface area contributed by atoms with Gasteiger partial charge in [-0.3, -0.25) is 0 Å². The van der Waals surface area contributed by atoms with E-state index >= 15 is 0 Å². The second kappa shape index (κ2) is 8.14. The molecule has 20 heavy (non-hydrogen) atoms. The molecule has 4 nitrogen and oxygen atoms in total. The Morgan fingerprint density at radius 2 is 1.00 bits per heavy atom. The normalized spacial score (nSPS) is 33.8. The monoisotopic (exact) mass is 276 g/mol. The summed E-state index contributed by atoms with van der Waals surface area (Å²) in [5.41, 5.74) is 0. The SMILES string of the molecule is O=C=NCC1CCC(C2CCC(CN=C=O)CC2)CC1. The molecule has 0 spiro atoms. The quantitative estimate of drug-likeness (QED) is 0.571. The molecule has 0 radical (unpaired) electrons. The molecule has 0 aliphatic heterocycles. The van der Waals surface area contributed by atoms with Crippen molar-refractivity contribution in [3.8, 4) is 0 Å². The van der Waals surface area contributed by atoms with Crippen molar-refractivity contribution in [3.05, 3.63) is 0 Å². The van der Waals surface area contributed by atoms with Crippen LogP contribution in [0.15, 0.2) is 9.98 Å². The van der Waals surface area contributed by atoms with E-state index in [1.165, 1.54) is 51.4 Å². The minimum absolute atomic E-state index is 0.603. The minimum Gasteiger partial charge on any atom is -0.211 e. The first-order valence-corrected chi connectivity index (χ1v) is 7.90. The zero-order valence-corrected chi connectivity index (χ0v) is 12.1. The van der Waals surface area contributed by atoms with Gasteiger partial charge in [0.2, 0.25) is 12.2 Å². The third-order valence-corrected chi connectivity index (χ3v) is 5.28. The standard InChI is InChI=1S/C16H24N2O2/c19-11-17-9-13-1-5-15(6-2-13)16-7-3-14(4-8-16)10-18-12-20/h13-16H,1-10H2. The molecule has 0 amide bonds. The van der Waals surface area contributed by atoms with Gasteiger partial charge < -0.3 is 0 Å². The summed E-state index contributed by atoms with van der Waals surface area (Å²) in [6.07, 6.45) is 13.3. The van der Waals surface area contributed by atoms with Gasteiger partial charge in [-0.25, -0.2) is 19.6 Å². The lowest BCUT2D eigenvalue weighted by Gasteiger charge is -2.37. The van der Waals surface area contributed by atoms with Gasteiger partial charge in [0.25, 0.3) is 0 Å². The van der Waals surface area contributed by atoms with Crippen molar-refractivity contribution < 1.29 is 9.59 Å². The molecule has 110 valence electrons. The summed E-state index contributed by atoms with van der Waals surface area (Å²) in [6.45, 7) is 1.35. The number of carbonyl (C=O) groups excluding carboxylic acids is 2. The van der Waals surface area contributed by atoms with Crippen LogP contribution in [0.1, 0.15) is 51.4 Å². The van der Waals surface area contributed by atoms with Crippen LogP contribution in [-0.2, 0) is 9.59 Å². The molecule has 0 aromatic carbocycles. The zero-order chi connectivity index (χ0) is 14.2. The van der Waals surface area contributed by atoms with E-state index in [-0.39, 0.29) is 0 Å². The fourth-order valence-electron chi connectivity index (χ4n) is 4.02. The third-order valence-electron chi connectivity index (χ3n) is 5.28. The molecule has 0 N–H and O–H groups in total. The number of isocyanates is 2. The predicted octanol–water partition coefficient (Wildman–Crippen LogP) is 3.27. The van der Waals surface area contributed by atoms with E-state index in [4.69, 9.17) is 0 Å². The summed E-state index contributed by atoms with van der Waals surface area (Å²) >= 11 is 0. The fraction of sp³-hybridized carbons (Fsp3) is 0.875. The Labute approximate surface area is 120 Å². The molecule has 0 bridgehead atoms. The molecule has 0 saturated heterocycles. The van der Waals surface area contributed by atoms with E-state index in [0.29, 0.717) is 24.9 Å². The van der Waals surface area contributed by atoms with Crippen LogP contribution in [0, 0.1) is 23.7 Å². The average molecular weight is 276 g/mol. The van der Waals surface area contributed by atoms with Crippen LogP contribution >= 0.6 is 0 Å².